The predicted molar refractivity (Wildman–Crippen MR) is 100 cm³/mol. The fourth-order valence-corrected chi connectivity index (χ4v) is 2.73. The van der Waals surface area contributed by atoms with E-state index in [9.17, 15) is 4.79 Å². The number of rotatable bonds is 6. The lowest BCUT2D eigenvalue weighted by Gasteiger charge is -2.25. The van der Waals surface area contributed by atoms with E-state index in [2.05, 4.69) is 27.4 Å². The molecule has 1 aromatic carbocycles. The van der Waals surface area contributed by atoms with Crippen LogP contribution in [0.4, 0.5) is 4.79 Å². The topological polar surface area (TPSA) is 63.1 Å². The van der Waals surface area contributed by atoms with Crippen LogP contribution in [-0.4, -0.2) is 32.5 Å². The van der Waals surface area contributed by atoms with Crippen LogP contribution in [0.3, 0.4) is 0 Å². The molecule has 2 heterocycles. The van der Waals surface area contributed by atoms with Crippen molar-refractivity contribution in [3.8, 4) is 0 Å². The molecule has 0 fully saturated rings. The molecule has 26 heavy (non-hydrogen) atoms. The first kappa shape index (κ1) is 17.7. The number of amides is 2. The second kappa shape index (κ2) is 8.29. The minimum atomic E-state index is -0.143. The Labute approximate surface area is 153 Å². The van der Waals surface area contributed by atoms with Crippen LogP contribution in [0.25, 0.3) is 0 Å². The summed E-state index contributed by atoms with van der Waals surface area (Å²) in [5.41, 5.74) is 2.19. The van der Waals surface area contributed by atoms with E-state index in [1.165, 1.54) is 5.56 Å². The Morgan fingerprint density at radius 1 is 1.19 bits per heavy atom. The van der Waals surface area contributed by atoms with Crippen molar-refractivity contribution in [1.29, 1.82) is 0 Å². The lowest BCUT2D eigenvalue weighted by atomic mass is 10.1. The molecule has 0 unspecified atom stereocenters. The van der Waals surface area contributed by atoms with Crippen LogP contribution < -0.4 is 5.32 Å². The van der Waals surface area contributed by atoms with E-state index in [0.717, 1.165) is 17.9 Å². The molecule has 2 aromatic heterocycles. The molecular formula is C20H23N5O. The molecule has 0 aliphatic rings. The molecule has 1 atom stereocenters. The maximum Gasteiger partial charge on any atom is 0.318 e. The summed E-state index contributed by atoms with van der Waals surface area (Å²) in [5, 5.41) is 2.94. The fraction of sp³-hybridized carbons (Fsp3) is 0.250. The molecule has 2 amide bonds. The van der Waals surface area contributed by atoms with Crippen molar-refractivity contribution >= 4 is 6.03 Å². The highest BCUT2D eigenvalue weighted by Gasteiger charge is 2.17. The quantitative estimate of drug-likeness (QED) is 0.743. The molecule has 6 nitrogen and oxygen atoms in total. The summed E-state index contributed by atoms with van der Waals surface area (Å²) in [6.07, 6.45) is 7.19. The number of nitrogens with one attached hydrogen (secondary N) is 1. The molecule has 0 saturated carbocycles. The van der Waals surface area contributed by atoms with Gasteiger partial charge in [0.25, 0.3) is 0 Å². The van der Waals surface area contributed by atoms with Gasteiger partial charge in [-0.25, -0.2) is 9.78 Å². The summed E-state index contributed by atoms with van der Waals surface area (Å²) in [4.78, 5) is 22.6. The number of aromatic nitrogens is 3. The van der Waals surface area contributed by atoms with E-state index in [1.54, 1.807) is 30.5 Å². The van der Waals surface area contributed by atoms with Crippen LogP contribution in [0.15, 0.2) is 67.3 Å². The minimum absolute atomic E-state index is 0.0623. The number of carbonyl (C=O) groups is 1. The van der Waals surface area contributed by atoms with Crippen molar-refractivity contribution in [3.63, 3.8) is 0 Å². The van der Waals surface area contributed by atoms with E-state index in [-0.39, 0.29) is 12.1 Å². The monoisotopic (exact) mass is 349 g/mol. The van der Waals surface area contributed by atoms with Gasteiger partial charge in [-0.1, -0.05) is 36.4 Å². The largest absolute Gasteiger partial charge is 0.331 e. The summed E-state index contributed by atoms with van der Waals surface area (Å²) in [5.74, 6) is 0.824. The fourth-order valence-electron chi connectivity index (χ4n) is 2.73. The normalized spacial score (nSPS) is 11.8. The molecule has 0 spiro atoms. The molecule has 0 aliphatic carbocycles. The summed E-state index contributed by atoms with van der Waals surface area (Å²) in [7, 11) is 1.78. The SMILES string of the molecule is C[C@@H](c1cccnc1)N(C)C(=O)NCc1nccn1Cc1ccccc1. The second-order valence-electron chi connectivity index (χ2n) is 6.19. The van der Waals surface area contributed by atoms with Gasteiger partial charge in [0, 0.05) is 38.4 Å². The van der Waals surface area contributed by atoms with Crippen LogP contribution in [0.2, 0.25) is 0 Å². The van der Waals surface area contributed by atoms with E-state index < -0.39 is 0 Å². The number of benzene rings is 1. The number of hydrogen-bond donors (Lipinski definition) is 1. The number of pyridine rings is 1. The third-order valence-corrected chi connectivity index (χ3v) is 4.46. The Bertz CT molecular complexity index is 832. The Morgan fingerprint density at radius 3 is 2.73 bits per heavy atom. The standard InChI is InChI=1S/C20H23N5O/c1-16(18-9-6-10-21-13-18)24(2)20(26)23-14-19-22-11-12-25(19)15-17-7-4-3-5-8-17/h3-13,16H,14-15H2,1-2H3,(H,23,26)/t16-/m0/s1. The van der Waals surface area contributed by atoms with Crippen LogP contribution in [0.5, 0.6) is 0 Å². The smallest absolute Gasteiger partial charge is 0.318 e. The average molecular weight is 349 g/mol. The average Bonchev–Trinajstić information content (AvgIpc) is 3.13. The Hall–Kier alpha value is -3.15. The van der Waals surface area contributed by atoms with Crippen LogP contribution in [0, 0.1) is 0 Å². The van der Waals surface area contributed by atoms with E-state index in [1.807, 2.05) is 48.0 Å². The van der Waals surface area contributed by atoms with Gasteiger partial charge in [-0.15, -0.1) is 0 Å². The van der Waals surface area contributed by atoms with Gasteiger partial charge in [0.05, 0.1) is 12.6 Å². The summed E-state index contributed by atoms with van der Waals surface area (Å²) in [6, 6.07) is 13.8. The van der Waals surface area contributed by atoms with Crippen molar-refractivity contribution in [1.82, 2.24) is 24.8 Å². The third-order valence-electron chi connectivity index (χ3n) is 4.46. The van der Waals surface area contributed by atoms with Gasteiger partial charge in [-0.2, -0.15) is 0 Å². The number of imidazole rings is 1. The van der Waals surface area contributed by atoms with Crippen LogP contribution >= 0.6 is 0 Å². The number of nitrogens with zero attached hydrogens (tertiary/aromatic N) is 4. The maximum absolute atomic E-state index is 12.5. The highest BCUT2D eigenvalue weighted by molar-refractivity contribution is 5.74. The molecular weight excluding hydrogens is 326 g/mol. The van der Waals surface area contributed by atoms with Gasteiger partial charge in [0.1, 0.15) is 5.82 Å². The highest BCUT2D eigenvalue weighted by Crippen LogP contribution is 2.17. The van der Waals surface area contributed by atoms with E-state index >= 15 is 0 Å². The molecule has 6 heteroatoms. The Morgan fingerprint density at radius 2 is 2.00 bits per heavy atom. The number of carbonyl (C=O) groups excluding carboxylic acids is 1. The molecule has 0 aliphatic heterocycles. The van der Waals surface area contributed by atoms with Crippen molar-refractivity contribution < 1.29 is 4.79 Å². The zero-order chi connectivity index (χ0) is 18.4. The van der Waals surface area contributed by atoms with E-state index in [4.69, 9.17) is 0 Å². The molecule has 0 radical (unpaired) electrons. The van der Waals surface area contributed by atoms with Gasteiger partial charge < -0.3 is 14.8 Å². The van der Waals surface area contributed by atoms with E-state index in [0.29, 0.717) is 6.54 Å². The third kappa shape index (κ3) is 4.27. The van der Waals surface area contributed by atoms with Crippen molar-refractivity contribution in [2.24, 2.45) is 0 Å². The first-order valence-electron chi connectivity index (χ1n) is 8.59. The highest BCUT2D eigenvalue weighted by atomic mass is 16.2. The summed E-state index contributed by atoms with van der Waals surface area (Å²) < 4.78 is 2.04. The van der Waals surface area contributed by atoms with Gasteiger partial charge in [0.2, 0.25) is 0 Å². The molecule has 3 rings (SSSR count). The second-order valence-corrected chi connectivity index (χ2v) is 6.19. The van der Waals surface area contributed by atoms with Crippen molar-refractivity contribution in [2.45, 2.75) is 26.1 Å². The minimum Gasteiger partial charge on any atom is -0.331 e. The number of urea groups is 1. The summed E-state index contributed by atoms with van der Waals surface area (Å²) in [6.45, 7) is 3.09. The number of hydrogen-bond acceptors (Lipinski definition) is 3. The summed E-state index contributed by atoms with van der Waals surface area (Å²) >= 11 is 0. The van der Waals surface area contributed by atoms with Gasteiger partial charge in [0.15, 0.2) is 0 Å². The molecule has 3 aromatic rings. The zero-order valence-corrected chi connectivity index (χ0v) is 15.0. The Kier molecular flexibility index (Phi) is 5.63. The maximum atomic E-state index is 12.5. The molecule has 134 valence electrons. The lowest BCUT2D eigenvalue weighted by Crippen LogP contribution is -2.38. The lowest BCUT2D eigenvalue weighted by molar-refractivity contribution is 0.193. The van der Waals surface area contributed by atoms with Gasteiger partial charge in [-0.05, 0) is 24.1 Å². The first-order chi connectivity index (χ1) is 12.6. The molecule has 1 N–H and O–H groups in total. The molecule has 0 bridgehead atoms. The zero-order valence-electron chi connectivity index (χ0n) is 15.0. The Balaban J connectivity index is 1.59. The van der Waals surface area contributed by atoms with Gasteiger partial charge >= 0.3 is 6.03 Å². The van der Waals surface area contributed by atoms with Crippen molar-refractivity contribution in [3.05, 3.63) is 84.2 Å². The van der Waals surface area contributed by atoms with Crippen molar-refractivity contribution in [2.75, 3.05) is 7.05 Å². The first-order valence-corrected chi connectivity index (χ1v) is 8.59. The molecule has 0 saturated heterocycles. The van der Waals surface area contributed by atoms with Crippen LogP contribution in [0.1, 0.15) is 29.9 Å². The van der Waals surface area contributed by atoms with Gasteiger partial charge in [-0.3, -0.25) is 4.98 Å². The van der Waals surface area contributed by atoms with Crippen LogP contribution in [-0.2, 0) is 13.1 Å². The predicted octanol–water partition coefficient (Wildman–Crippen LogP) is 3.23.